The molecule has 3 aromatic carbocycles. The number of hydrogen-bond donors (Lipinski definition) is 0. The van der Waals surface area contributed by atoms with Crippen molar-refractivity contribution in [1.82, 2.24) is 0 Å². The number of carbonyl (C=O) groups excluding carboxylic acids is 2. The molecule has 43 heavy (non-hydrogen) atoms. The quantitative estimate of drug-likeness (QED) is 0.111. The molecule has 228 valence electrons. The Labute approximate surface area is 243 Å². The van der Waals surface area contributed by atoms with Crippen LogP contribution < -0.4 is 18.9 Å². The third-order valence-corrected chi connectivity index (χ3v) is 5.36. The molecule has 0 aliphatic carbocycles. The molecule has 0 heterocycles. The van der Waals surface area contributed by atoms with Gasteiger partial charge in [0.05, 0.1) is 7.11 Å². The first kappa shape index (κ1) is 32.8. The maximum Gasteiger partial charge on any atom is 0.420 e. The predicted octanol–water partition coefficient (Wildman–Crippen LogP) is 8.15. The number of esters is 2. The van der Waals surface area contributed by atoms with Crippen molar-refractivity contribution in [2.75, 3.05) is 7.11 Å². The molecule has 0 radical (unpaired) electrons. The smallest absolute Gasteiger partial charge is 0.420 e. The third kappa shape index (κ3) is 9.66. The van der Waals surface area contributed by atoms with Gasteiger partial charge in [0.15, 0.2) is 0 Å². The van der Waals surface area contributed by atoms with Crippen LogP contribution in [0.5, 0.6) is 23.0 Å². The van der Waals surface area contributed by atoms with Gasteiger partial charge in [0, 0.05) is 12.2 Å². The molecule has 0 unspecified atom stereocenters. The van der Waals surface area contributed by atoms with E-state index < -0.39 is 52.5 Å². The van der Waals surface area contributed by atoms with Crippen molar-refractivity contribution >= 4 is 24.1 Å². The van der Waals surface area contributed by atoms with Crippen molar-refractivity contribution in [3.63, 3.8) is 0 Å². The molecule has 0 aromatic heterocycles. The lowest BCUT2D eigenvalue weighted by molar-refractivity contribution is -0.164. The highest BCUT2D eigenvalue weighted by Gasteiger charge is 2.48. The van der Waals surface area contributed by atoms with Crippen LogP contribution in [0, 0.1) is 0 Å². The largest absolute Gasteiger partial charge is 0.497 e. The van der Waals surface area contributed by atoms with Gasteiger partial charge in [-0.3, -0.25) is 0 Å². The summed E-state index contributed by atoms with van der Waals surface area (Å²) in [4.78, 5) is 24.6. The van der Waals surface area contributed by atoms with Crippen molar-refractivity contribution in [2.45, 2.75) is 38.7 Å². The van der Waals surface area contributed by atoms with E-state index in [-0.39, 0.29) is 0 Å². The summed E-state index contributed by atoms with van der Waals surface area (Å²) in [5, 5.41) is 0. The van der Waals surface area contributed by atoms with Crippen LogP contribution in [0.1, 0.15) is 43.0 Å². The average Bonchev–Trinajstić information content (AvgIpc) is 2.90. The Balaban J connectivity index is 1.86. The van der Waals surface area contributed by atoms with Gasteiger partial charge < -0.3 is 18.9 Å². The van der Waals surface area contributed by atoms with E-state index in [2.05, 4.69) is 9.47 Å². The molecule has 0 saturated heterocycles. The first-order valence-electron chi connectivity index (χ1n) is 12.5. The van der Waals surface area contributed by atoms with Gasteiger partial charge in [-0.2, -0.15) is 26.3 Å². The molecule has 3 aromatic rings. The van der Waals surface area contributed by atoms with E-state index in [1.807, 2.05) is 20.8 Å². The molecule has 0 bridgehead atoms. The Morgan fingerprint density at radius 1 is 0.605 bits per heavy atom. The Hall–Kier alpha value is -4.74. The fourth-order valence-electron chi connectivity index (χ4n) is 3.63. The van der Waals surface area contributed by atoms with E-state index in [0.717, 1.165) is 12.2 Å². The third-order valence-electron chi connectivity index (χ3n) is 5.36. The molecule has 0 fully saturated rings. The molecule has 0 saturated carbocycles. The number of ether oxygens (including phenoxy) is 4. The second-order valence-electron chi connectivity index (χ2n) is 9.87. The molecule has 3 rings (SSSR count). The second-order valence-corrected chi connectivity index (χ2v) is 9.87. The number of methoxy groups -OCH3 is 1. The lowest BCUT2D eigenvalue weighted by Crippen LogP contribution is -2.22. The molecule has 0 aliphatic heterocycles. The Bertz CT molecular complexity index is 1500. The molecule has 0 spiro atoms. The number of hydrogen-bond acceptors (Lipinski definition) is 6. The molecular formula is C31H26F6O6. The first-order chi connectivity index (χ1) is 20.0. The minimum Gasteiger partial charge on any atom is -0.497 e. The number of benzene rings is 3. The van der Waals surface area contributed by atoms with Crippen molar-refractivity contribution in [3.05, 3.63) is 95.1 Å². The van der Waals surface area contributed by atoms with Crippen LogP contribution in [0.25, 0.3) is 12.2 Å². The lowest BCUT2D eigenvalue weighted by Gasteiger charge is -2.21. The van der Waals surface area contributed by atoms with Crippen LogP contribution in [-0.4, -0.2) is 24.6 Å². The monoisotopic (exact) mass is 608 g/mol. The van der Waals surface area contributed by atoms with Crippen LogP contribution in [-0.2, 0) is 21.9 Å². The molecule has 0 N–H and O–H groups in total. The van der Waals surface area contributed by atoms with E-state index in [1.54, 1.807) is 36.4 Å². The van der Waals surface area contributed by atoms with Crippen molar-refractivity contribution in [3.8, 4) is 23.0 Å². The van der Waals surface area contributed by atoms with E-state index in [0.29, 0.717) is 34.8 Å². The summed E-state index contributed by atoms with van der Waals surface area (Å²) in [6, 6.07) is 13.4. The number of rotatable bonds is 8. The molecule has 0 amide bonds. The molecule has 6 nitrogen and oxygen atoms in total. The summed E-state index contributed by atoms with van der Waals surface area (Å²) >= 11 is 0. The first-order valence-corrected chi connectivity index (χ1v) is 12.5. The highest BCUT2D eigenvalue weighted by Crippen LogP contribution is 2.49. The zero-order valence-electron chi connectivity index (χ0n) is 23.3. The Morgan fingerprint density at radius 3 is 1.30 bits per heavy atom. The summed E-state index contributed by atoms with van der Waals surface area (Å²) in [7, 11) is 1.43. The van der Waals surface area contributed by atoms with Gasteiger partial charge in [0.1, 0.15) is 39.7 Å². The van der Waals surface area contributed by atoms with Gasteiger partial charge in [-0.05, 0) is 80.4 Å². The zero-order valence-corrected chi connectivity index (χ0v) is 23.3. The summed E-state index contributed by atoms with van der Waals surface area (Å²) < 4.78 is 104. The van der Waals surface area contributed by atoms with Crippen LogP contribution in [0.3, 0.4) is 0 Å². The highest BCUT2D eigenvalue weighted by atomic mass is 19.4. The fraction of sp³-hybridized carbons (Fsp3) is 0.226. The maximum atomic E-state index is 14.0. The van der Waals surface area contributed by atoms with Crippen LogP contribution in [0.2, 0.25) is 0 Å². The Kier molecular flexibility index (Phi) is 9.95. The van der Waals surface area contributed by atoms with Gasteiger partial charge in [-0.15, -0.1) is 0 Å². The van der Waals surface area contributed by atoms with E-state index in [9.17, 15) is 35.9 Å². The summed E-state index contributed by atoms with van der Waals surface area (Å²) in [5.41, 5.74) is -4.23. The number of halogens is 6. The second kappa shape index (κ2) is 13.1. The van der Waals surface area contributed by atoms with Gasteiger partial charge in [-0.1, -0.05) is 24.3 Å². The fourth-order valence-corrected chi connectivity index (χ4v) is 3.63. The normalized spacial score (nSPS) is 12.4. The molecule has 0 aliphatic rings. The van der Waals surface area contributed by atoms with Crippen molar-refractivity contribution < 1.29 is 54.9 Å². The highest BCUT2D eigenvalue weighted by molar-refractivity contribution is 5.90. The van der Waals surface area contributed by atoms with Crippen molar-refractivity contribution in [1.29, 1.82) is 0 Å². The molecule has 12 heteroatoms. The lowest BCUT2D eigenvalue weighted by atomic mass is 10.0. The average molecular weight is 609 g/mol. The predicted molar refractivity (Wildman–Crippen MR) is 146 cm³/mol. The minimum absolute atomic E-state index is 0.439. The van der Waals surface area contributed by atoms with Gasteiger partial charge >= 0.3 is 24.3 Å². The standard InChI is InChI=1S/C31H26F6O6/c1-29(2,3)43-22-13-7-20(8-14-22)10-18-26(39)42-24-16-15-23(27(30(32,33)34)28(24)31(35,36)37)41-25(38)17-9-19-5-11-21(40-4)12-6-19/h5-18H,1-4H3/b17-9+,18-10+. The van der Waals surface area contributed by atoms with Crippen LogP contribution >= 0.6 is 0 Å². The summed E-state index contributed by atoms with van der Waals surface area (Å²) in [5.74, 6) is -4.56. The minimum atomic E-state index is -5.64. The topological polar surface area (TPSA) is 71.1 Å². The maximum absolute atomic E-state index is 14.0. The van der Waals surface area contributed by atoms with Gasteiger partial charge in [-0.25, -0.2) is 9.59 Å². The Morgan fingerprint density at radius 2 is 0.977 bits per heavy atom. The van der Waals surface area contributed by atoms with Crippen LogP contribution in [0.4, 0.5) is 26.3 Å². The van der Waals surface area contributed by atoms with E-state index in [4.69, 9.17) is 9.47 Å². The number of carbonyl (C=O) groups is 2. The summed E-state index contributed by atoms with van der Waals surface area (Å²) in [6.45, 7) is 5.52. The van der Waals surface area contributed by atoms with E-state index in [1.165, 1.54) is 31.4 Å². The summed E-state index contributed by atoms with van der Waals surface area (Å²) in [6.07, 6.45) is -7.40. The van der Waals surface area contributed by atoms with Crippen molar-refractivity contribution in [2.24, 2.45) is 0 Å². The zero-order chi connectivity index (χ0) is 32.0. The molecular weight excluding hydrogens is 582 g/mol. The van der Waals surface area contributed by atoms with Crippen LogP contribution in [0.15, 0.2) is 72.8 Å². The molecule has 0 atom stereocenters. The number of alkyl halides is 6. The van der Waals surface area contributed by atoms with E-state index >= 15 is 0 Å². The SMILES string of the molecule is COc1ccc(/C=C/C(=O)Oc2ccc(OC(=O)/C=C/c3ccc(OC(C)(C)C)cc3)c(C(F)(F)F)c2C(F)(F)F)cc1. The van der Waals surface area contributed by atoms with Gasteiger partial charge in [0.2, 0.25) is 0 Å². The van der Waals surface area contributed by atoms with Gasteiger partial charge in [0.25, 0.3) is 0 Å².